The van der Waals surface area contributed by atoms with E-state index in [4.69, 9.17) is 0 Å². The van der Waals surface area contributed by atoms with Crippen LogP contribution in [0.1, 0.15) is 24.9 Å². The standard InChI is InChI=1S/C19H20N4O3/c1-11(12-3-2-4-15(8-12)23-10-20-9-21-23)22-18(24)16-13-5-6-14(7-13)17(16)19(25)26/h2-6,8-11,13-14,16-17H,7H2,1H3,(H,22,24)(H,25,26)/t11-,13-,14-,16+,17-/m0/s1. The molecular weight excluding hydrogens is 332 g/mol. The fourth-order valence-electron chi connectivity index (χ4n) is 4.19. The summed E-state index contributed by atoms with van der Waals surface area (Å²) in [6.07, 6.45) is 7.77. The Labute approximate surface area is 150 Å². The number of carbonyl (C=O) groups is 2. The summed E-state index contributed by atoms with van der Waals surface area (Å²) in [7, 11) is 0. The molecule has 2 aromatic rings. The van der Waals surface area contributed by atoms with Gasteiger partial charge >= 0.3 is 5.97 Å². The average molecular weight is 352 g/mol. The summed E-state index contributed by atoms with van der Waals surface area (Å²) >= 11 is 0. The molecule has 7 nitrogen and oxygen atoms in total. The van der Waals surface area contributed by atoms with Crippen molar-refractivity contribution in [1.29, 1.82) is 0 Å². The SMILES string of the molecule is C[C@H](NC(=O)[C@H]1[C@@H](C(=O)O)[C@H]2C=C[C@H]1C2)c1cccc(-n2cncn2)c1. The number of carbonyl (C=O) groups excluding carboxylic acids is 1. The van der Waals surface area contributed by atoms with Crippen molar-refractivity contribution in [3.05, 3.63) is 54.6 Å². The highest BCUT2D eigenvalue weighted by molar-refractivity contribution is 5.87. The van der Waals surface area contributed by atoms with E-state index in [2.05, 4.69) is 15.4 Å². The van der Waals surface area contributed by atoms with Crippen molar-refractivity contribution >= 4 is 11.9 Å². The van der Waals surface area contributed by atoms with Crippen molar-refractivity contribution in [2.45, 2.75) is 19.4 Å². The lowest BCUT2D eigenvalue weighted by molar-refractivity contribution is -0.148. The largest absolute Gasteiger partial charge is 0.481 e. The topological polar surface area (TPSA) is 97.1 Å². The molecule has 2 aliphatic carbocycles. The van der Waals surface area contributed by atoms with Gasteiger partial charge in [0, 0.05) is 0 Å². The maximum Gasteiger partial charge on any atom is 0.307 e. The quantitative estimate of drug-likeness (QED) is 0.802. The highest BCUT2D eigenvalue weighted by Crippen LogP contribution is 2.48. The zero-order valence-corrected chi connectivity index (χ0v) is 14.3. The maximum absolute atomic E-state index is 12.8. The fraction of sp³-hybridized carbons (Fsp3) is 0.368. The van der Waals surface area contributed by atoms with Crippen LogP contribution in [-0.2, 0) is 9.59 Å². The molecule has 1 amide bonds. The Hall–Kier alpha value is -2.96. The van der Waals surface area contributed by atoms with Crippen LogP contribution in [0.25, 0.3) is 5.69 Å². The minimum Gasteiger partial charge on any atom is -0.481 e. The molecule has 0 spiro atoms. The normalized spacial score (nSPS) is 27.4. The third kappa shape index (κ3) is 2.79. The van der Waals surface area contributed by atoms with E-state index in [0.29, 0.717) is 0 Å². The summed E-state index contributed by atoms with van der Waals surface area (Å²) in [6.45, 7) is 1.90. The molecule has 1 aromatic carbocycles. The van der Waals surface area contributed by atoms with Crippen LogP contribution >= 0.6 is 0 Å². The van der Waals surface area contributed by atoms with Crippen molar-refractivity contribution in [1.82, 2.24) is 20.1 Å². The van der Waals surface area contributed by atoms with Crippen molar-refractivity contribution in [3.8, 4) is 5.69 Å². The van der Waals surface area contributed by atoms with Gasteiger partial charge in [-0.3, -0.25) is 9.59 Å². The summed E-state index contributed by atoms with van der Waals surface area (Å²) in [4.78, 5) is 28.4. The first-order valence-electron chi connectivity index (χ1n) is 8.71. The van der Waals surface area contributed by atoms with E-state index in [1.807, 2.05) is 43.3 Å². The molecule has 2 bridgehead atoms. The van der Waals surface area contributed by atoms with Crippen LogP contribution in [0, 0.1) is 23.7 Å². The number of hydrogen-bond acceptors (Lipinski definition) is 4. The van der Waals surface area contributed by atoms with Gasteiger partial charge in [0.1, 0.15) is 12.7 Å². The van der Waals surface area contributed by atoms with Gasteiger partial charge in [0.15, 0.2) is 0 Å². The molecule has 4 rings (SSSR count). The summed E-state index contributed by atoms with van der Waals surface area (Å²) in [5.41, 5.74) is 1.78. The van der Waals surface area contributed by atoms with E-state index >= 15 is 0 Å². The van der Waals surface area contributed by atoms with E-state index in [0.717, 1.165) is 17.7 Å². The monoisotopic (exact) mass is 352 g/mol. The molecule has 134 valence electrons. The molecule has 26 heavy (non-hydrogen) atoms. The van der Waals surface area contributed by atoms with Crippen molar-refractivity contribution in [2.75, 3.05) is 0 Å². The highest BCUT2D eigenvalue weighted by Gasteiger charge is 2.51. The number of fused-ring (bicyclic) bond motifs is 2. The van der Waals surface area contributed by atoms with Crippen LogP contribution in [0.5, 0.6) is 0 Å². The number of hydrogen-bond donors (Lipinski definition) is 2. The third-order valence-corrected chi connectivity index (χ3v) is 5.46. The second-order valence-electron chi connectivity index (χ2n) is 7.00. The maximum atomic E-state index is 12.8. The molecule has 2 N–H and O–H groups in total. The van der Waals surface area contributed by atoms with Gasteiger partial charge in [0.2, 0.25) is 5.91 Å². The van der Waals surface area contributed by atoms with Crippen LogP contribution in [0.15, 0.2) is 49.1 Å². The van der Waals surface area contributed by atoms with Gasteiger partial charge < -0.3 is 10.4 Å². The first-order chi connectivity index (χ1) is 12.5. The predicted molar refractivity (Wildman–Crippen MR) is 93.3 cm³/mol. The molecule has 0 radical (unpaired) electrons. The van der Waals surface area contributed by atoms with Gasteiger partial charge in [-0.15, -0.1) is 0 Å². The first kappa shape index (κ1) is 16.5. The van der Waals surface area contributed by atoms with Gasteiger partial charge in [-0.25, -0.2) is 9.67 Å². The molecule has 0 saturated heterocycles. The Kier molecular flexibility index (Phi) is 4.06. The van der Waals surface area contributed by atoms with Gasteiger partial charge in [0.05, 0.1) is 23.6 Å². The number of aliphatic carboxylic acids is 1. The van der Waals surface area contributed by atoms with E-state index in [9.17, 15) is 14.7 Å². The summed E-state index contributed by atoms with van der Waals surface area (Å²) in [5.74, 6) is -2.20. The van der Waals surface area contributed by atoms with E-state index in [1.165, 1.54) is 6.33 Å². The fourth-order valence-corrected chi connectivity index (χ4v) is 4.19. The Morgan fingerprint density at radius 3 is 2.73 bits per heavy atom. The predicted octanol–water partition coefficient (Wildman–Crippen LogP) is 1.97. The van der Waals surface area contributed by atoms with Crippen LogP contribution in [-0.4, -0.2) is 31.7 Å². The van der Waals surface area contributed by atoms with Crippen LogP contribution in [0.2, 0.25) is 0 Å². The molecule has 7 heteroatoms. The van der Waals surface area contributed by atoms with E-state index in [1.54, 1.807) is 11.0 Å². The number of nitrogens with one attached hydrogen (secondary N) is 1. The lowest BCUT2D eigenvalue weighted by atomic mass is 9.82. The molecule has 1 heterocycles. The second kappa shape index (κ2) is 6.40. The lowest BCUT2D eigenvalue weighted by Crippen LogP contribution is -2.41. The van der Waals surface area contributed by atoms with Crippen LogP contribution < -0.4 is 5.32 Å². The number of rotatable bonds is 5. The van der Waals surface area contributed by atoms with E-state index in [-0.39, 0.29) is 23.8 Å². The Balaban J connectivity index is 1.51. The Morgan fingerprint density at radius 1 is 1.27 bits per heavy atom. The second-order valence-corrected chi connectivity index (χ2v) is 7.00. The van der Waals surface area contributed by atoms with Gasteiger partial charge in [-0.2, -0.15) is 5.10 Å². The molecular formula is C19H20N4O3. The Bertz CT molecular complexity index is 861. The summed E-state index contributed by atoms with van der Waals surface area (Å²) < 4.78 is 1.65. The molecule has 5 atom stereocenters. The first-order valence-corrected chi connectivity index (χ1v) is 8.71. The number of carboxylic acids is 1. The van der Waals surface area contributed by atoms with Crippen molar-refractivity contribution in [3.63, 3.8) is 0 Å². The number of aromatic nitrogens is 3. The van der Waals surface area contributed by atoms with Crippen molar-refractivity contribution < 1.29 is 14.7 Å². The van der Waals surface area contributed by atoms with Gasteiger partial charge in [-0.1, -0.05) is 24.3 Å². The zero-order valence-electron chi connectivity index (χ0n) is 14.3. The number of amides is 1. The minimum absolute atomic E-state index is 0.0229. The summed E-state index contributed by atoms with van der Waals surface area (Å²) in [6, 6.07) is 7.45. The zero-order chi connectivity index (χ0) is 18.3. The molecule has 0 aliphatic heterocycles. The molecule has 0 unspecified atom stereocenters. The molecule has 1 saturated carbocycles. The molecule has 2 aliphatic rings. The Morgan fingerprint density at radius 2 is 2.04 bits per heavy atom. The minimum atomic E-state index is -0.886. The molecule has 1 aromatic heterocycles. The average Bonchev–Trinajstić information content (AvgIpc) is 3.37. The van der Waals surface area contributed by atoms with Gasteiger partial charge in [0.25, 0.3) is 0 Å². The number of nitrogens with zero attached hydrogens (tertiary/aromatic N) is 3. The van der Waals surface area contributed by atoms with E-state index < -0.39 is 17.8 Å². The number of allylic oxidation sites excluding steroid dienone is 2. The third-order valence-electron chi connectivity index (χ3n) is 5.46. The number of benzene rings is 1. The van der Waals surface area contributed by atoms with Crippen LogP contribution in [0.4, 0.5) is 0 Å². The molecule has 1 fully saturated rings. The van der Waals surface area contributed by atoms with Gasteiger partial charge in [-0.05, 0) is 42.9 Å². The smallest absolute Gasteiger partial charge is 0.307 e. The summed E-state index contributed by atoms with van der Waals surface area (Å²) in [5, 5.41) is 16.6. The van der Waals surface area contributed by atoms with Crippen LogP contribution in [0.3, 0.4) is 0 Å². The van der Waals surface area contributed by atoms with Crippen molar-refractivity contribution in [2.24, 2.45) is 23.7 Å². The lowest BCUT2D eigenvalue weighted by Gasteiger charge is -2.26. The number of carboxylic acid groups (broad SMARTS) is 1. The highest BCUT2D eigenvalue weighted by atomic mass is 16.4.